The van der Waals surface area contributed by atoms with Crippen molar-refractivity contribution in [3.8, 4) is 10.6 Å². The van der Waals surface area contributed by atoms with Crippen LogP contribution in [0, 0.1) is 6.92 Å². The number of anilines is 1. The van der Waals surface area contributed by atoms with Gasteiger partial charge >= 0.3 is 11.9 Å². The molecule has 4 rings (SSSR count). The zero-order valence-corrected chi connectivity index (χ0v) is 16.4. The number of aryl methyl sites for hydroxylation is 1. The number of hydrogen-bond donors (Lipinski definition) is 1. The number of hydrogen-bond acceptors (Lipinski definition) is 7. The molecule has 7 heteroatoms. The second-order valence-corrected chi connectivity index (χ2v) is 7.93. The lowest BCUT2D eigenvalue weighted by atomic mass is 10.1. The summed E-state index contributed by atoms with van der Waals surface area (Å²) in [4.78, 5) is 28.7. The second kappa shape index (κ2) is 6.76. The van der Waals surface area contributed by atoms with Gasteiger partial charge in [0, 0.05) is 31.3 Å². The Bertz CT molecular complexity index is 1080. The third-order valence-electron chi connectivity index (χ3n) is 4.26. The number of cyclic esters (lactones) is 2. The van der Waals surface area contributed by atoms with Gasteiger partial charge in [0.1, 0.15) is 5.01 Å². The van der Waals surface area contributed by atoms with Crippen molar-refractivity contribution >= 4 is 39.2 Å². The highest BCUT2D eigenvalue weighted by atomic mass is 32.1. The number of carbonyl (C=O) groups excluding carboxylic acids is 2. The molecule has 2 heterocycles. The topological polar surface area (TPSA) is 77.5 Å². The first kappa shape index (κ1) is 18.2. The van der Waals surface area contributed by atoms with Crippen molar-refractivity contribution in [3.05, 3.63) is 59.8 Å². The van der Waals surface area contributed by atoms with Crippen LogP contribution in [0.15, 0.2) is 54.2 Å². The number of nitrogens with zero attached hydrogens (tertiary/aromatic N) is 1. The minimum atomic E-state index is -1.25. The summed E-state index contributed by atoms with van der Waals surface area (Å²) in [6.07, 6.45) is 1.32. The van der Waals surface area contributed by atoms with Gasteiger partial charge in [0.15, 0.2) is 5.57 Å². The zero-order valence-electron chi connectivity index (χ0n) is 15.6. The van der Waals surface area contributed by atoms with Crippen LogP contribution in [0.2, 0.25) is 0 Å². The van der Waals surface area contributed by atoms with Gasteiger partial charge in [-0.3, -0.25) is 0 Å². The molecule has 142 valence electrons. The summed E-state index contributed by atoms with van der Waals surface area (Å²) in [5.74, 6) is -2.67. The van der Waals surface area contributed by atoms with Gasteiger partial charge in [-0.1, -0.05) is 12.1 Å². The average molecular weight is 394 g/mol. The molecule has 0 saturated carbocycles. The molecule has 1 aromatic heterocycles. The maximum Gasteiger partial charge on any atom is 0.350 e. The summed E-state index contributed by atoms with van der Waals surface area (Å²) in [5.41, 5.74) is 3.53. The van der Waals surface area contributed by atoms with Gasteiger partial charge in [0.25, 0.3) is 5.79 Å². The number of rotatable bonds is 3. The molecule has 0 radical (unpaired) electrons. The minimum absolute atomic E-state index is 0.172. The van der Waals surface area contributed by atoms with E-state index in [2.05, 4.69) is 16.4 Å². The first-order chi connectivity index (χ1) is 13.3. The Morgan fingerprint density at radius 2 is 1.79 bits per heavy atom. The van der Waals surface area contributed by atoms with E-state index in [4.69, 9.17) is 9.47 Å². The standard InChI is InChI=1S/C21H18N2O4S/c1-12-10-13(18-23-16-6-4-5-7-17(16)28-18)8-9-15(12)22-11-14-19(24)26-21(2,3)27-20(14)25/h4-11,22H,1-3H3. The van der Waals surface area contributed by atoms with Gasteiger partial charge in [-0.2, -0.15) is 0 Å². The average Bonchev–Trinajstić information content (AvgIpc) is 3.05. The predicted molar refractivity (Wildman–Crippen MR) is 108 cm³/mol. The Morgan fingerprint density at radius 1 is 1.07 bits per heavy atom. The van der Waals surface area contributed by atoms with E-state index >= 15 is 0 Å². The van der Waals surface area contributed by atoms with Gasteiger partial charge in [-0.25, -0.2) is 14.6 Å². The quantitative estimate of drug-likeness (QED) is 0.403. The summed E-state index contributed by atoms with van der Waals surface area (Å²) in [5, 5.41) is 3.94. The van der Waals surface area contributed by atoms with E-state index in [1.165, 1.54) is 20.0 Å². The number of nitrogens with one attached hydrogen (secondary N) is 1. The van der Waals surface area contributed by atoms with E-state index in [1.807, 2.05) is 43.3 Å². The lowest BCUT2D eigenvalue weighted by Gasteiger charge is -2.29. The SMILES string of the molecule is Cc1cc(-c2nc3ccccc3s2)ccc1NC=C1C(=O)OC(C)(C)OC1=O. The maximum absolute atomic E-state index is 12.0. The maximum atomic E-state index is 12.0. The lowest BCUT2D eigenvalue weighted by molar-refractivity contribution is -0.222. The number of ether oxygens (including phenoxy) is 2. The van der Waals surface area contributed by atoms with Gasteiger partial charge < -0.3 is 14.8 Å². The Balaban J connectivity index is 1.57. The lowest BCUT2D eigenvalue weighted by Crippen LogP contribution is -2.42. The monoisotopic (exact) mass is 394 g/mol. The second-order valence-electron chi connectivity index (χ2n) is 6.90. The summed E-state index contributed by atoms with van der Waals surface area (Å²) in [6.45, 7) is 4.97. The molecular formula is C21H18N2O4S. The van der Waals surface area contributed by atoms with E-state index in [9.17, 15) is 9.59 Å². The van der Waals surface area contributed by atoms with Crippen LogP contribution in [0.5, 0.6) is 0 Å². The third kappa shape index (κ3) is 3.48. The van der Waals surface area contributed by atoms with Gasteiger partial charge in [-0.05, 0) is 42.8 Å². The van der Waals surface area contributed by atoms with Gasteiger partial charge in [-0.15, -0.1) is 11.3 Å². The molecule has 1 fully saturated rings. The summed E-state index contributed by atoms with van der Waals surface area (Å²) in [6, 6.07) is 13.9. The number of benzene rings is 2. The molecule has 28 heavy (non-hydrogen) atoms. The van der Waals surface area contributed by atoms with Crippen LogP contribution < -0.4 is 5.32 Å². The largest absolute Gasteiger partial charge is 0.419 e. The molecule has 0 aliphatic carbocycles. The highest BCUT2D eigenvalue weighted by Crippen LogP contribution is 2.32. The van der Waals surface area contributed by atoms with E-state index in [-0.39, 0.29) is 5.57 Å². The summed E-state index contributed by atoms with van der Waals surface area (Å²) in [7, 11) is 0. The molecule has 0 amide bonds. The number of aromatic nitrogens is 1. The van der Waals surface area contributed by atoms with Crippen LogP contribution in [-0.2, 0) is 19.1 Å². The molecular weight excluding hydrogens is 376 g/mol. The van der Waals surface area contributed by atoms with Crippen molar-refractivity contribution in [3.63, 3.8) is 0 Å². The normalized spacial score (nSPS) is 15.9. The Hall–Kier alpha value is -3.19. The molecule has 6 nitrogen and oxygen atoms in total. The van der Waals surface area contributed by atoms with Crippen molar-refractivity contribution in [2.45, 2.75) is 26.6 Å². The van der Waals surface area contributed by atoms with E-state index in [1.54, 1.807) is 11.3 Å². The van der Waals surface area contributed by atoms with Crippen LogP contribution in [-0.4, -0.2) is 22.7 Å². The van der Waals surface area contributed by atoms with Crippen LogP contribution >= 0.6 is 11.3 Å². The van der Waals surface area contributed by atoms with E-state index < -0.39 is 17.7 Å². The first-order valence-corrected chi connectivity index (χ1v) is 9.54. The highest BCUT2D eigenvalue weighted by molar-refractivity contribution is 7.21. The molecule has 1 saturated heterocycles. The van der Waals surface area contributed by atoms with Crippen molar-refractivity contribution in [1.29, 1.82) is 0 Å². The third-order valence-corrected chi connectivity index (χ3v) is 5.34. The molecule has 1 aliphatic heterocycles. The number of para-hydroxylation sites is 1. The van der Waals surface area contributed by atoms with Crippen LogP contribution in [0.25, 0.3) is 20.8 Å². The Morgan fingerprint density at radius 3 is 2.46 bits per heavy atom. The van der Waals surface area contributed by atoms with Crippen molar-refractivity contribution in [1.82, 2.24) is 4.98 Å². The molecule has 0 spiro atoms. The number of fused-ring (bicyclic) bond motifs is 1. The molecule has 0 atom stereocenters. The molecule has 3 aromatic rings. The molecule has 0 unspecified atom stereocenters. The molecule has 1 aliphatic rings. The fourth-order valence-electron chi connectivity index (χ4n) is 2.88. The molecule has 0 bridgehead atoms. The Kier molecular flexibility index (Phi) is 4.39. The first-order valence-electron chi connectivity index (χ1n) is 8.72. The van der Waals surface area contributed by atoms with E-state index in [0.717, 1.165) is 32.0 Å². The van der Waals surface area contributed by atoms with Gasteiger partial charge in [0.2, 0.25) is 0 Å². The fraction of sp³-hybridized carbons (Fsp3) is 0.190. The smallest absolute Gasteiger partial charge is 0.350 e. The van der Waals surface area contributed by atoms with E-state index in [0.29, 0.717) is 0 Å². The summed E-state index contributed by atoms with van der Waals surface area (Å²) >= 11 is 1.64. The van der Waals surface area contributed by atoms with Crippen LogP contribution in [0.1, 0.15) is 19.4 Å². The minimum Gasteiger partial charge on any atom is -0.419 e. The van der Waals surface area contributed by atoms with Gasteiger partial charge in [0.05, 0.1) is 10.2 Å². The fourth-order valence-corrected chi connectivity index (χ4v) is 3.84. The Labute approximate surface area is 165 Å². The number of carbonyl (C=O) groups is 2. The highest BCUT2D eigenvalue weighted by Gasteiger charge is 2.38. The summed E-state index contributed by atoms with van der Waals surface area (Å²) < 4.78 is 11.3. The zero-order chi connectivity index (χ0) is 19.9. The van der Waals surface area contributed by atoms with Crippen LogP contribution in [0.3, 0.4) is 0 Å². The number of thiazole rings is 1. The van der Waals surface area contributed by atoms with Crippen molar-refractivity contribution < 1.29 is 19.1 Å². The van der Waals surface area contributed by atoms with Crippen LogP contribution in [0.4, 0.5) is 5.69 Å². The van der Waals surface area contributed by atoms with Crippen molar-refractivity contribution in [2.24, 2.45) is 0 Å². The number of esters is 2. The molecule has 2 aromatic carbocycles. The molecule has 1 N–H and O–H groups in total. The van der Waals surface area contributed by atoms with Crippen molar-refractivity contribution in [2.75, 3.05) is 5.32 Å². The predicted octanol–water partition coefficient (Wildman–Crippen LogP) is 4.40.